The fraction of sp³-hybridized carbons (Fsp3) is 1.00. The minimum atomic E-state index is -5.24. The molecule has 4 saturated heterocycles. The van der Waals surface area contributed by atoms with Crippen LogP contribution in [0.1, 0.15) is 0 Å². The van der Waals surface area contributed by atoms with E-state index in [-0.39, 0.29) is 0 Å². The van der Waals surface area contributed by atoms with Gasteiger partial charge in [0, 0.05) is 0 Å². The molecule has 56 heavy (non-hydrogen) atoms. The first kappa shape index (κ1) is 47.5. The van der Waals surface area contributed by atoms with Crippen molar-refractivity contribution >= 4 is 20.8 Å². The number of ether oxygens (including phenoxy) is 7. The molecule has 34 heteroatoms. The van der Waals surface area contributed by atoms with Crippen LogP contribution in [0.4, 0.5) is 0 Å². The standard InChI is InChI=1S/C22H38O32S2/c23-6-1-39-20(17(11(6)24)48-52-29)46-16-10(5-42-56(35,36)37)44-22(19(14(16)27)50-54-31)43-7-2-40-21(18(12(7)25)49-53-30)45-15-9(4-41-55(32,33)34)38-3-8(13(15)26)47-51-28/h6-31H,1-5H2,(H,32,33,34)(H,35,36,37)/t6-,7-,8?,9?,10?,11+,12+,13+,14-,15+,16+,17?,18?,19?,20+,21+,22-/m0/s1. The third-order valence-electron chi connectivity index (χ3n) is 8.30. The van der Waals surface area contributed by atoms with Crippen molar-refractivity contribution in [2.45, 2.75) is 104 Å². The van der Waals surface area contributed by atoms with Gasteiger partial charge in [0.1, 0.15) is 67.1 Å². The number of rotatable bonds is 20. The van der Waals surface area contributed by atoms with E-state index in [1.165, 1.54) is 0 Å². The van der Waals surface area contributed by atoms with Crippen LogP contribution in [-0.2, 0) is 102 Å². The number of hydrogen-bond acceptors (Lipinski definition) is 30. The lowest BCUT2D eigenvalue weighted by molar-refractivity contribution is -0.544. The van der Waals surface area contributed by atoms with Gasteiger partial charge in [0.2, 0.25) is 0 Å². The summed E-state index contributed by atoms with van der Waals surface area (Å²) in [6, 6.07) is 0. The summed E-state index contributed by atoms with van der Waals surface area (Å²) in [5, 5.41) is 103. The third-order valence-corrected chi connectivity index (χ3v) is 9.17. The summed E-state index contributed by atoms with van der Waals surface area (Å²) in [6.07, 6.45) is -32.1. The Bertz CT molecular complexity index is 1390. The van der Waals surface area contributed by atoms with Crippen molar-refractivity contribution in [1.29, 1.82) is 0 Å². The van der Waals surface area contributed by atoms with E-state index < -0.39 is 158 Å². The van der Waals surface area contributed by atoms with Gasteiger partial charge in [-0.2, -0.15) is 36.4 Å². The van der Waals surface area contributed by atoms with Crippen LogP contribution in [0.5, 0.6) is 0 Å². The van der Waals surface area contributed by atoms with E-state index in [1.54, 1.807) is 0 Å². The molecule has 17 atom stereocenters. The highest BCUT2D eigenvalue weighted by molar-refractivity contribution is 7.81. The molecule has 4 fully saturated rings. The molecule has 0 radical (unpaired) electrons. The molecule has 330 valence electrons. The van der Waals surface area contributed by atoms with Gasteiger partial charge >= 0.3 is 20.8 Å². The second-order valence-electron chi connectivity index (χ2n) is 11.8. The molecule has 4 heterocycles. The Hall–Kier alpha value is -1.22. The second kappa shape index (κ2) is 21.3. The first-order valence-corrected chi connectivity index (χ1v) is 18.1. The Labute approximate surface area is 312 Å². The van der Waals surface area contributed by atoms with Crippen LogP contribution in [0.25, 0.3) is 0 Å². The molecule has 0 aromatic carbocycles. The van der Waals surface area contributed by atoms with Crippen LogP contribution in [0.2, 0.25) is 0 Å². The van der Waals surface area contributed by atoms with Crippen LogP contribution >= 0.6 is 0 Å². The molecule has 4 aliphatic rings. The van der Waals surface area contributed by atoms with Crippen molar-refractivity contribution in [1.82, 2.24) is 0 Å². The molecule has 4 aliphatic heterocycles. The largest absolute Gasteiger partial charge is 0.397 e. The van der Waals surface area contributed by atoms with Gasteiger partial charge in [0.25, 0.3) is 0 Å². The van der Waals surface area contributed by atoms with Crippen LogP contribution in [0.3, 0.4) is 0 Å². The molecule has 11 N–H and O–H groups in total. The molecule has 32 nitrogen and oxygen atoms in total. The summed E-state index contributed by atoms with van der Waals surface area (Å²) in [5.41, 5.74) is 0. The van der Waals surface area contributed by atoms with E-state index >= 15 is 0 Å². The first-order chi connectivity index (χ1) is 26.4. The van der Waals surface area contributed by atoms with E-state index in [1.807, 2.05) is 0 Å². The average molecular weight is 879 g/mol. The quantitative estimate of drug-likeness (QED) is 0.0308. The zero-order chi connectivity index (χ0) is 41.4. The van der Waals surface area contributed by atoms with Gasteiger partial charge in [-0.25, -0.2) is 29.4 Å². The van der Waals surface area contributed by atoms with Crippen molar-refractivity contribution in [2.75, 3.05) is 33.0 Å². The Balaban J connectivity index is 1.55. The summed E-state index contributed by atoms with van der Waals surface area (Å²) >= 11 is 0. The van der Waals surface area contributed by atoms with Crippen LogP contribution in [0.15, 0.2) is 0 Å². The maximum absolute atomic E-state index is 11.4. The van der Waals surface area contributed by atoms with Crippen LogP contribution < -0.4 is 0 Å². The first-order valence-electron chi connectivity index (χ1n) is 15.4. The number of aliphatic hydroxyl groups excluding tert-OH is 5. The maximum atomic E-state index is 11.4. The molecule has 0 bridgehead atoms. The van der Waals surface area contributed by atoms with Crippen molar-refractivity contribution in [3.63, 3.8) is 0 Å². The smallest absolute Gasteiger partial charge is 0.388 e. The van der Waals surface area contributed by atoms with Gasteiger partial charge in [-0.3, -0.25) is 9.11 Å². The van der Waals surface area contributed by atoms with Gasteiger partial charge in [0.15, 0.2) is 37.2 Å². The lowest BCUT2D eigenvalue weighted by Crippen LogP contribution is -2.66. The summed E-state index contributed by atoms with van der Waals surface area (Å²) in [6.45, 7) is -4.24. The predicted molar refractivity (Wildman–Crippen MR) is 152 cm³/mol. The molecule has 0 aliphatic carbocycles. The number of hydrogen-bond donors (Lipinski definition) is 11. The maximum Gasteiger partial charge on any atom is 0.397 e. The SMILES string of the molecule is O=S(=O)(O)OCC1OCC(OOO)[C@@H](O)[C@@H]1O[C@H]1OC[C@H](O[C@H]2OC(COS(=O)(=O)O)[C@@H](O[C@H]3OC[C@H](O)[C@@H](O)C3OOO)[C@H](O)C2OOO)[C@@H](O)C1OOO. The Morgan fingerprint density at radius 1 is 0.482 bits per heavy atom. The highest BCUT2D eigenvalue weighted by Crippen LogP contribution is 2.34. The summed E-state index contributed by atoms with van der Waals surface area (Å²) < 4.78 is 110. The normalized spacial score (nSPS) is 41.4. The summed E-state index contributed by atoms with van der Waals surface area (Å²) in [5.74, 6) is 0. The van der Waals surface area contributed by atoms with Crippen LogP contribution in [-0.4, -0.2) is 210 Å². The Morgan fingerprint density at radius 3 is 1.46 bits per heavy atom. The lowest BCUT2D eigenvalue weighted by atomic mass is 9.97. The molecular formula is C22H38O32S2. The van der Waals surface area contributed by atoms with Crippen molar-refractivity contribution in [3.05, 3.63) is 0 Å². The fourth-order valence-corrected chi connectivity index (χ4v) is 6.33. The van der Waals surface area contributed by atoms with E-state index in [0.717, 1.165) is 0 Å². The van der Waals surface area contributed by atoms with Crippen molar-refractivity contribution in [3.8, 4) is 0 Å². The molecule has 6 unspecified atom stereocenters. The van der Waals surface area contributed by atoms with Gasteiger partial charge in [0.05, 0.1) is 33.0 Å². The Kier molecular flexibility index (Phi) is 18.1. The molecule has 4 rings (SSSR count). The minimum Gasteiger partial charge on any atom is -0.388 e. The second-order valence-corrected chi connectivity index (χ2v) is 13.9. The third kappa shape index (κ3) is 12.6. The highest BCUT2D eigenvalue weighted by Gasteiger charge is 2.55. The lowest BCUT2D eigenvalue weighted by Gasteiger charge is -2.47. The molecule has 0 aromatic heterocycles. The zero-order valence-corrected chi connectivity index (χ0v) is 29.3. The topological polar surface area (TPSA) is 448 Å². The van der Waals surface area contributed by atoms with Gasteiger partial charge in [-0.15, -0.1) is 0 Å². The van der Waals surface area contributed by atoms with Gasteiger partial charge in [-0.05, 0) is 0 Å². The summed E-state index contributed by atoms with van der Waals surface area (Å²) in [4.78, 5) is 18.2. The number of aliphatic hydroxyl groups is 5. The van der Waals surface area contributed by atoms with E-state index in [4.69, 9.17) is 58.7 Å². The highest BCUT2D eigenvalue weighted by atomic mass is 32.3. The van der Waals surface area contributed by atoms with E-state index in [9.17, 15) is 46.9 Å². The summed E-state index contributed by atoms with van der Waals surface area (Å²) in [7, 11) is -10.3. The molecule has 0 aromatic rings. The van der Waals surface area contributed by atoms with Crippen LogP contribution in [0, 0.1) is 0 Å². The Morgan fingerprint density at radius 2 is 0.929 bits per heavy atom. The van der Waals surface area contributed by atoms with Gasteiger partial charge in [-0.1, -0.05) is 20.2 Å². The van der Waals surface area contributed by atoms with E-state index in [2.05, 4.69) is 48.1 Å². The molecule has 0 amide bonds. The van der Waals surface area contributed by atoms with Gasteiger partial charge < -0.3 is 58.7 Å². The fourth-order valence-electron chi connectivity index (χ4n) is 5.72. The zero-order valence-electron chi connectivity index (χ0n) is 27.7. The van der Waals surface area contributed by atoms with E-state index in [0.29, 0.717) is 0 Å². The monoisotopic (exact) mass is 878 g/mol. The molecule has 0 saturated carbocycles. The van der Waals surface area contributed by atoms with Crippen molar-refractivity contribution in [2.24, 2.45) is 0 Å². The molecular weight excluding hydrogens is 840 g/mol. The van der Waals surface area contributed by atoms with Crippen molar-refractivity contribution < 1.29 is 154 Å². The molecule has 0 spiro atoms. The average Bonchev–Trinajstić information content (AvgIpc) is 3.12. The minimum absolute atomic E-state index is 0.578. The predicted octanol–water partition coefficient (Wildman–Crippen LogP) is -6.42.